The van der Waals surface area contributed by atoms with Crippen LogP contribution in [0.5, 0.6) is 0 Å². The highest BCUT2D eigenvalue weighted by atomic mass is 16.4. The second kappa shape index (κ2) is 6.22. The second-order valence-corrected chi connectivity index (χ2v) is 5.78. The molecular weight excluding hydrogens is 280 g/mol. The van der Waals surface area contributed by atoms with Gasteiger partial charge in [-0.25, -0.2) is 4.79 Å². The lowest BCUT2D eigenvalue weighted by Crippen LogP contribution is -2.33. The highest BCUT2D eigenvalue weighted by molar-refractivity contribution is 5.94. The zero-order chi connectivity index (χ0) is 15.5. The van der Waals surface area contributed by atoms with E-state index in [-0.39, 0.29) is 5.91 Å². The summed E-state index contributed by atoms with van der Waals surface area (Å²) in [7, 11) is 0. The summed E-state index contributed by atoms with van der Waals surface area (Å²) in [6, 6.07) is 7.68. The molecule has 2 amide bonds. The van der Waals surface area contributed by atoms with Gasteiger partial charge in [-0.15, -0.1) is 0 Å². The maximum Gasteiger partial charge on any atom is 0.407 e. The van der Waals surface area contributed by atoms with Gasteiger partial charge in [-0.1, -0.05) is 18.2 Å². The number of carbonyl (C=O) groups is 2. The largest absolute Gasteiger partial charge is 0.465 e. The molecule has 0 aliphatic carbocycles. The Hall–Kier alpha value is -2.30. The van der Waals surface area contributed by atoms with Crippen LogP contribution in [0.2, 0.25) is 0 Å². The summed E-state index contributed by atoms with van der Waals surface area (Å²) in [6.45, 7) is 2.67. The van der Waals surface area contributed by atoms with Gasteiger partial charge in [0.15, 0.2) is 0 Å². The molecule has 5 nitrogen and oxygen atoms in total. The van der Waals surface area contributed by atoms with Crippen molar-refractivity contribution >= 4 is 17.6 Å². The Bertz CT molecular complexity index is 601. The number of nitrogens with zero attached hydrogens (tertiary/aromatic N) is 2. The number of likely N-dealkylation sites (tertiary alicyclic amines) is 1. The van der Waals surface area contributed by atoms with Gasteiger partial charge in [0.25, 0.3) is 5.91 Å². The van der Waals surface area contributed by atoms with E-state index in [1.54, 1.807) is 0 Å². The van der Waals surface area contributed by atoms with Gasteiger partial charge >= 0.3 is 6.09 Å². The molecule has 0 spiro atoms. The predicted octanol–water partition coefficient (Wildman–Crippen LogP) is 2.69. The molecule has 3 rings (SSSR count). The average molecular weight is 300 g/mol. The van der Waals surface area contributed by atoms with E-state index in [1.807, 2.05) is 35.2 Å². The Morgan fingerprint density at radius 1 is 0.955 bits per heavy atom. The van der Waals surface area contributed by atoms with Crippen molar-refractivity contribution in [2.45, 2.75) is 19.3 Å². The van der Waals surface area contributed by atoms with Crippen LogP contribution in [0.25, 0.3) is 5.57 Å². The quantitative estimate of drug-likeness (QED) is 0.913. The molecule has 1 fully saturated rings. The van der Waals surface area contributed by atoms with E-state index in [0.29, 0.717) is 19.5 Å². The number of carbonyl (C=O) groups excluding carboxylic acids is 1. The standard InChI is InChI=1S/C17H20N2O3/c20-16(18-9-1-2-10-18)15-5-3-13(4-6-15)14-7-11-19(12-8-14)17(21)22/h3-7H,1-2,8-12H2,(H,21,22). The number of amides is 2. The van der Waals surface area contributed by atoms with Gasteiger partial charge in [-0.2, -0.15) is 0 Å². The number of hydrogen-bond donors (Lipinski definition) is 1. The zero-order valence-electron chi connectivity index (χ0n) is 12.5. The van der Waals surface area contributed by atoms with E-state index >= 15 is 0 Å². The molecular formula is C17H20N2O3. The van der Waals surface area contributed by atoms with Crippen molar-refractivity contribution in [2.24, 2.45) is 0 Å². The Morgan fingerprint density at radius 2 is 1.64 bits per heavy atom. The summed E-state index contributed by atoms with van der Waals surface area (Å²) in [5, 5.41) is 8.95. The summed E-state index contributed by atoms with van der Waals surface area (Å²) < 4.78 is 0. The third-order valence-electron chi connectivity index (χ3n) is 4.38. The third-order valence-corrected chi connectivity index (χ3v) is 4.38. The summed E-state index contributed by atoms with van der Waals surface area (Å²) in [4.78, 5) is 26.5. The van der Waals surface area contributed by atoms with E-state index < -0.39 is 6.09 Å². The Labute approximate surface area is 129 Å². The molecule has 5 heteroatoms. The number of rotatable bonds is 2. The molecule has 116 valence electrons. The molecule has 1 N–H and O–H groups in total. The maximum atomic E-state index is 12.3. The van der Waals surface area contributed by atoms with Crippen LogP contribution >= 0.6 is 0 Å². The summed E-state index contributed by atoms with van der Waals surface area (Å²) in [5.41, 5.74) is 2.95. The van der Waals surface area contributed by atoms with E-state index in [9.17, 15) is 9.59 Å². The molecule has 0 unspecified atom stereocenters. The molecule has 1 saturated heterocycles. The van der Waals surface area contributed by atoms with Crippen molar-refractivity contribution in [3.05, 3.63) is 41.5 Å². The molecule has 1 aromatic rings. The van der Waals surface area contributed by atoms with Crippen molar-refractivity contribution in [2.75, 3.05) is 26.2 Å². The summed E-state index contributed by atoms with van der Waals surface area (Å²) >= 11 is 0. The van der Waals surface area contributed by atoms with Crippen LogP contribution in [-0.4, -0.2) is 53.1 Å². The van der Waals surface area contributed by atoms with Gasteiger partial charge < -0.3 is 14.9 Å². The maximum absolute atomic E-state index is 12.3. The number of carboxylic acid groups (broad SMARTS) is 1. The lowest BCUT2D eigenvalue weighted by atomic mass is 9.98. The van der Waals surface area contributed by atoms with Gasteiger partial charge in [0.1, 0.15) is 0 Å². The molecule has 0 saturated carbocycles. The lowest BCUT2D eigenvalue weighted by molar-refractivity contribution is 0.0792. The number of hydrogen-bond acceptors (Lipinski definition) is 2. The van der Waals surface area contributed by atoms with Crippen LogP contribution in [0.3, 0.4) is 0 Å². The highest BCUT2D eigenvalue weighted by Crippen LogP contribution is 2.23. The van der Waals surface area contributed by atoms with Crippen LogP contribution in [-0.2, 0) is 0 Å². The van der Waals surface area contributed by atoms with Crippen molar-refractivity contribution < 1.29 is 14.7 Å². The van der Waals surface area contributed by atoms with Crippen LogP contribution in [0.4, 0.5) is 4.79 Å². The van der Waals surface area contributed by atoms with E-state index in [2.05, 4.69) is 0 Å². The molecule has 0 radical (unpaired) electrons. The van der Waals surface area contributed by atoms with Gasteiger partial charge in [0.2, 0.25) is 0 Å². The van der Waals surface area contributed by atoms with Crippen molar-refractivity contribution in [3.8, 4) is 0 Å². The van der Waals surface area contributed by atoms with Gasteiger partial charge in [0.05, 0.1) is 0 Å². The Morgan fingerprint density at radius 3 is 2.18 bits per heavy atom. The fourth-order valence-corrected chi connectivity index (χ4v) is 3.03. The minimum atomic E-state index is -0.873. The zero-order valence-corrected chi connectivity index (χ0v) is 12.5. The monoisotopic (exact) mass is 300 g/mol. The van der Waals surface area contributed by atoms with E-state index in [1.165, 1.54) is 4.90 Å². The molecule has 0 bridgehead atoms. The molecule has 0 aromatic heterocycles. The first-order chi connectivity index (χ1) is 10.6. The molecule has 22 heavy (non-hydrogen) atoms. The Kier molecular flexibility index (Phi) is 4.13. The normalized spacial score (nSPS) is 18.3. The van der Waals surface area contributed by atoms with Crippen LogP contribution in [0.15, 0.2) is 30.3 Å². The molecule has 1 aromatic carbocycles. The molecule has 2 aliphatic heterocycles. The predicted molar refractivity (Wildman–Crippen MR) is 83.8 cm³/mol. The number of benzene rings is 1. The van der Waals surface area contributed by atoms with Crippen LogP contribution in [0.1, 0.15) is 35.2 Å². The lowest BCUT2D eigenvalue weighted by Gasteiger charge is -2.24. The Balaban J connectivity index is 1.69. The van der Waals surface area contributed by atoms with E-state index in [4.69, 9.17) is 5.11 Å². The van der Waals surface area contributed by atoms with Crippen LogP contribution < -0.4 is 0 Å². The van der Waals surface area contributed by atoms with E-state index in [0.717, 1.165) is 42.6 Å². The summed E-state index contributed by atoms with van der Waals surface area (Å²) in [5.74, 6) is 0.110. The van der Waals surface area contributed by atoms with Gasteiger partial charge in [-0.05, 0) is 42.5 Å². The highest BCUT2D eigenvalue weighted by Gasteiger charge is 2.20. The molecule has 0 atom stereocenters. The first kappa shape index (κ1) is 14.6. The third kappa shape index (κ3) is 2.98. The summed E-state index contributed by atoms with van der Waals surface area (Å²) in [6.07, 6.45) is 3.98. The molecule has 2 aliphatic rings. The van der Waals surface area contributed by atoms with Crippen molar-refractivity contribution in [1.82, 2.24) is 9.80 Å². The molecule has 2 heterocycles. The fraction of sp³-hybridized carbons (Fsp3) is 0.412. The minimum Gasteiger partial charge on any atom is -0.465 e. The fourth-order valence-electron chi connectivity index (χ4n) is 3.03. The first-order valence-corrected chi connectivity index (χ1v) is 7.72. The van der Waals surface area contributed by atoms with Crippen molar-refractivity contribution in [3.63, 3.8) is 0 Å². The topological polar surface area (TPSA) is 60.9 Å². The smallest absolute Gasteiger partial charge is 0.407 e. The second-order valence-electron chi connectivity index (χ2n) is 5.78. The average Bonchev–Trinajstić information content (AvgIpc) is 3.09. The SMILES string of the molecule is O=C(O)N1CC=C(c2ccc(C(=O)N3CCCC3)cc2)CC1. The van der Waals surface area contributed by atoms with Crippen molar-refractivity contribution in [1.29, 1.82) is 0 Å². The van der Waals surface area contributed by atoms with Gasteiger partial charge in [-0.3, -0.25) is 4.79 Å². The first-order valence-electron chi connectivity index (χ1n) is 7.72. The van der Waals surface area contributed by atoms with Gasteiger partial charge in [0, 0.05) is 31.7 Å². The van der Waals surface area contributed by atoms with Crippen LogP contribution in [0, 0.1) is 0 Å². The minimum absolute atomic E-state index is 0.110.